The third kappa shape index (κ3) is 8.92. The summed E-state index contributed by atoms with van der Waals surface area (Å²) in [7, 11) is 1.52. The summed E-state index contributed by atoms with van der Waals surface area (Å²) in [6.45, 7) is 1.12. The van der Waals surface area contributed by atoms with Gasteiger partial charge in [0.05, 0.1) is 12.7 Å². The van der Waals surface area contributed by atoms with Crippen LogP contribution in [0.25, 0.3) is 0 Å². The van der Waals surface area contributed by atoms with Crippen molar-refractivity contribution in [2.24, 2.45) is 0 Å². The van der Waals surface area contributed by atoms with E-state index in [1.165, 1.54) is 38.3 Å². The van der Waals surface area contributed by atoms with Crippen molar-refractivity contribution < 1.29 is 38.2 Å². The van der Waals surface area contributed by atoms with E-state index in [2.05, 4.69) is 5.32 Å². The maximum Gasteiger partial charge on any atom is 0.338 e. The number of hydrogen-bond acceptors (Lipinski definition) is 8. The maximum absolute atomic E-state index is 12.4. The van der Waals surface area contributed by atoms with Crippen molar-refractivity contribution in [1.82, 2.24) is 0 Å². The first-order valence-electron chi connectivity index (χ1n) is 12.3. The summed E-state index contributed by atoms with van der Waals surface area (Å²) in [5.74, 6) is -1.59. The molecule has 0 aromatic heterocycles. The average molecular weight is 532 g/mol. The van der Waals surface area contributed by atoms with Crippen LogP contribution < -0.4 is 10.1 Å². The quantitative estimate of drug-likeness (QED) is 0.249. The molecular formula is C30H29NO8. The Kier molecular flexibility index (Phi) is 10.5. The molecule has 39 heavy (non-hydrogen) atoms. The molecule has 9 heteroatoms. The number of carbonyl (C=O) groups excluding carboxylic acids is 5. The molecule has 1 atom stereocenters. The van der Waals surface area contributed by atoms with Crippen LogP contribution in [0.4, 0.5) is 5.69 Å². The van der Waals surface area contributed by atoms with Gasteiger partial charge in [0.1, 0.15) is 5.75 Å². The van der Waals surface area contributed by atoms with Crippen LogP contribution in [0.1, 0.15) is 57.3 Å². The zero-order valence-corrected chi connectivity index (χ0v) is 21.7. The van der Waals surface area contributed by atoms with Crippen LogP contribution in [-0.4, -0.2) is 49.2 Å². The van der Waals surface area contributed by atoms with E-state index in [9.17, 15) is 24.0 Å². The summed E-state index contributed by atoms with van der Waals surface area (Å²) in [6.07, 6.45) is -0.698. The fourth-order valence-electron chi connectivity index (χ4n) is 3.53. The number of carbonyl (C=O) groups is 5. The second kappa shape index (κ2) is 14.2. The van der Waals surface area contributed by atoms with E-state index < -0.39 is 18.0 Å². The Morgan fingerprint density at radius 1 is 0.769 bits per heavy atom. The molecule has 0 fully saturated rings. The first-order valence-corrected chi connectivity index (χ1v) is 12.3. The van der Waals surface area contributed by atoms with Gasteiger partial charge in [-0.3, -0.25) is 19.2 Å². The lowest BCUT2D eigenvalue weighted by atomic mass is 10.1. The molecule has 0 aliphatic rings. The van der Waals surface area contributed by atoms with Crippen LogP contribution >= 0.6 is 0 Å². The fraction of sp³-hybridized carbons (Fsp3) is 0.233. The van der Waals surface area contributed by atoms with E-state index >= 15 is 0 Å². The molecule has 0 aliphatic carbocycles. The highest BCUT2D eigenvalue weighted by atomic mass is 16.5. The molecule has 0 aliphatic heterocycles. The monoisotopic (exact) mass is 531 g/mol. The van der Waals surface area contributed by atoms with Gasteiger partial charge in [0, 0.05) is 29.7 Å². The number of Topliss-reactive ketones (excluding diaryl/α,β-unsaturated/α-hetero) is 2. The van der Waals surface area contributed by atoms with Crippen LogP contribution in [0, 0.1) is 0 Å². The number of benzene rings is 3. The molecule has 3 aromatic rings. The van der Waals surface area contributed by atoms with Gasteiger partial charge in [-0.1, -0.05) is 30.3 Å². The van der Waals surface area contributed by atoms with Gasteiger partial charge in [-0.05, 0) is 61.9 Å². The maximum atomic E-state index is 12.4. The van der Waals surface area contributed by atoms with Gasteiger partial charge in [-0.25, -0.2) is 4.79 Å². The molecular weight excluding hydrogens is 502 g/mol. The third-order valence-electron chi connectivity index (χ3n) is 5.67. The molecule has 0 bridgehead atoms. The standard InChI is InChI=1S/C30H29NO8/c1-20(29(35)22-13-17-25(37-2)18-14-22)39-28(34)10-6-9-27(33)31-24-15-11-23(12-16-24)30(36)38-19-26(32)21-7-4-3-5-8-21/h3-5,7-8,11-18,20H,6,9-10,19H2,1-2H3,(H,31,33)/t20-/m1/s1. The van der Waals surface area contributed by atoms with Crippen molar-refractivity contribution in [2.75, 3.05) is 19.0 Å². The van der Waals surface area contributed by atoms with Crippen molar-refractivity contribution >= 4 is 35.1 Å². The van der Waals surface area contributed by atoms with Crippen LogP contribution in [0.2, 0.25) is 0 Å². The Balaban J connectivity index is 1.36. The minimum Gasteiger partial charge on any atom is -0.497 e. The fourth-order valence-corrected chi connectivity index (χ4v) is 3.53. The molecule has 0 radical (unpaired) electrons. The number of hydrogen-bond donors (Lipinski definition) is 1. The molecule has 3 rings (SSSR count). The van der Waals surface area contributed by atoms with Gasteiger partial charge in [0.2, 0.25) is 11.7 Å². The summed E-state index contributed by atoms with van der Waals surface area (Å²) in [5, 5.41) is 2.68. The topological polar surface area (TPSA) is 125 Å². The minimum atomic E-state index is -0.957. The summed E-state index contributed by atoms with van der Waals surface area (Å²) in [5.41, 5.74) is 1.54. The van der Waals surface area contributed by atoms with Gasteiger partial charge >= 0.3 is 11.9 Å². The second-order valence-electron chi connectivity index (χ2n) is 8.57. The molecule has 9 nitrogen and oxygen atoms in total. The highest BCUT2D eigenvalue weighted by Crippen LogP contribution is 2.15. The van der Waals surface area contributed by atoms with Gasteiger partial charge < -0.3 is 19.5 Å². The molecule has 0 unspecified atom stereocenters. The van der Waals surface area contributed by atoms with Gasteiger partial charge in [-0.2, -0.15) is 0 Å². The molecule has 0 saturated heterocycles. The van der Waals surface area contributed by atoms with E-state index in [1.807, 2.05) is 0 Å². The molecule has 3 aromatic carbocycles. The van der Waals surface area contributed by atoms with E-state index in [0.29, 0.717) is 22.6 Å². The SMILES string of the molecule is COc1ccc(C(=O)[C@@H](C)OC(=O)CCCC(=O)Nc2ccc(C(=O)OCC(=O)c3ccccc3)cc2)cc1. The first kappa shape index (κ1) is 28.8. The number of ether oxygens (including phenoxy) is 3. The largest absolute Gasteiger partial charge is 0.497 e. The van der Waals surface area contributed by atoms with Crippen molar-refractivity contribution in [1.29, 1.82) is 0 Å². The van der Waals surface area contributed by atoms with Gasteiger partial charge in [-0.15, -0.1) is 0 Å². The number of ketones is 2. The summed E-state index contributed by atoms with van der Waals surface area (Å²) < 4.78 is 15.3. The van der Waals surface area contributed by atoms with Crippen molar-refractivity contribution in [3.05, 3.63) is 95.6 Å². The third-order valence-corrected chi connectivity index (χ3v) is 5.67. The number of methoxy groups -OCH3 is 1. The molecule has 202 valence electrons. The average Bonchev–Trinajstić information content (AvgIpc) is 2.96. The van der Waals surface area contributed by atoms with Gasteiger partial charge in [0.15, 0.2) is 18.5 Å². The number of rotatable bonds is 13. The minimum absolute atomic E-state index is 0.0276. The second-order valence-corrected chi connectivity index (χ2v) is 8.57. The van der Waals surface area contributed by atoms with Crippen LogP contribution in [0.3, 0.4) is 0 Å². The zero-order chi connectivity index (χ0) is 28.2. The van der Waals surface area contributed by atoms with E-state index in [0.717, 1.165) is 0 Å². The predicted octanol–water partition coefficient (Wildman–Crippen LogP) is 4.66. The number of nitrogens with one attached hydrogen (secondary N) is 1. The molecule has 0 heterocycles. The van der Waals surface area contributed by atoms with Crippen LogP contribution in [0.15, 0.2) is 78.9 Å². The summed E-state index contributed by atoms with van der Waals surface area (Å²) in [6, 6.07) is 21.0. The highest BCUT2D eigenvalue weighted by molar-refractivity contribution is 6.00. The molecule has 0 spiro atoms. The smallest absolute Gasteiger partial charge is 0.338 e. The zero-order valence-electron chi connectivity index (χ0n) is 21.7. The lowest BCUT2D eigenvalue weighted by molar-refractivity contribution is -0.146. The number of amides is 1. The Hall–Kier alpha value is -4.79. The van der Waals surface area contributed by atoms with Crippen molar-refractivity contribution in [3.8, 4) is 5.75 Å². The molecule has 1 amide bonds. The van der Waals surface area contributed by atoms with Crippen LogP contribution in [0.5, 0.6) is 5.75 Å². The summed E-state index contributed by atoms with van der Waals surface area (Å²) in [4.78, 5) is 61.1. The lowest BCUT2D eigenvalue weighted by Gasteiger charge is -2.12. The first-order chi connectivity index (χ1) is 18.8. The summed E-state index contributed by atoms with van der Waals surface area (Å²) >= 11 is 0. The number of esters is 2. The molecule has 1 N–H and O–H groups in total. The normalized spacial score (nSPS) is 11.1. The Morgan fingerprint density at radius 2 is 1.41 bits per heavy atom. The highest BCUT2D eigenvalue weighted by Gasteiger charge is 2.20. The van der Waals surface area contributed by atoms with E-state index in [1.54, 1.807) is 54.6 Å². The molecule has 0 saturated carbocycles. The van der Waals surface area contributed by atoms with E-state index in [-0.39, 0.29) is 48.9 Å². The predicted molar refractivity (Wildman–Crippen MR) is 143 cm³/mol. The Bertz CT molecular complexity index is 1300. The lowest BCUT2D eigenvalue weighted by Crippen LogP contribution is -2.24. The van der Waals surface area contributed by atoms with Crippen molar-refractivity contribution in [3.63, 3.8) is 0 Å². The Morgan fingerprint density at radius 3 is 2.05 bits per heavy atom. The van der Waals surface area contributed by atoms with Crippen LogP contribution in [-0.2, 0) is 19.1 Å². The van der Waals surface area contributed by atoms with Crippen molar-refractivity contribution in [2.45, 2.75) is 32.3 Å². The van der Waals surface area contributed by atoms with Gasteiger partial charge in [0.25, 0.3) is 0 Å². The van der Waals surface area contributed by atoms with E-state index in [4.69, 9.17) is 14.2 Å². The number of anilines is 1. The Labute approximate surface area is 226 Å².